The first-order valence-corrected chi connectivity index (χ1v) is 9.59. The number of carbonyl (C=O) groups is 1. The van der Waals surface area contributed by atoms with Crippen molar-refractivity contribution in [3.05, 3.63) is 57.5 Å². The minimum absolute atomic E-state index is 0.147. The van der Waals surface area contributed by atoms with Crippen molar-refractivity contribution in [1.29, 1.82) is 0 Å². The third kappa shape index (κ3) is 4.51. The number of nitrogens with one attached hydrogen (secondary N) is 1. The molecule has 1 aromatic heterocycles. The maximum atomic E-state index is 12.1. The van der Waals surface area contributed by atoms with Gasteiger partial charge in [0.25, 0.3) is 0 Å². The van der Waals surface area contributed by atoms with E-state index >= 15 is 0 Å². The number of hydrogen-bond acceptors (Lipinski definition) is 4. The Labute approximate surface area is 169 Å². The van der Waals surface area contributed by atoms with Gasteiger partial charge >= 0.3 is 0 Å². The van der Waals surface area contributed by atoms with E-state index in [1.165, 1.54) is 11.8 Å². The van der Waals surface area contributed by atoms with Gasteiger partial charge in [-0.25, -0.2) is 0 Å². The summed E-state index contributed by atoms with van der Waals surface area (Å²) in [6.07, 6.45) is 0. The Morgan fingerprint density at radius 3 is 2.46 bits per heavy atom. The number of benzene rings is 2. The van der Waals surface area contributed by atoms with Gasteiger partial charge in [0.1, 0.15) is 0 Å². The van der Waals surface area contributed by atoms with Crippen LogP contribution in [0.1, 0.15) is 0 Å². The fraction of sp³-hybridized carbons (Fsp3) is 0.118. The molecule has 1 N–H and O–H groups in total. The van der Waals surface area contributed by atoms with E-state index in [1.807, 2.05) is 7.05 Å². The maximum Gasteiger partial charge on any atom is 0.234 e. The van der Waals surface area contributed by atoms with E-state index in [1.54, 1.807) is 47.0 Å². The molecule has 0 bridgehead atoms. The molecule has 5 nitrogen and oxygen atoms in total. The molecule has 134 valence electrons. The van der Waals surface area contributed by atoms with E-state index in [0.717, 1.165) is 5.56 Å². The number of carbonyl (C=O) groups excluding carboxylic acids is 1. The van der Waals surface area contributed by atoms with Crippen LogP contribution in [0.25, 0.3) is 11.4 Å². The van der Waals surface area contributed by atoms with Crippen molar-refractivity contribution in [2.75, 3.05) is 11.1 Å². The molecule has 26 heavy (non-hydrogen) atoms. The summed E-state index contributed by atoms with van der Waals surface area (Å²) in [4.78, 5) is 12.1. The zero-order chi connectivity index (χ0) is 18.7. The number of nitrogens with zero attached hydrogens (tertiary/aromatic N) is 3. The van der Waals surface area contributed by atoms with Crippen molar-refractivity contribution in [2.24, 2.45) is 7.05 Å². The highest BCUT2D eigenvalue weighted by molar-refractivity contribution is 7.99. The number of aromatic nitrogens is 3. The van der Waals surface area contributed by atoms with Gasteiger partial charge in [-0.2, -0.15) is 0 Å². The van der Waals surface area contributed by atoms with E-state index in [9.17, 15) is 4.79 Å². The van der Waals surface area contributed by atoms with Crippen molar-refractivity contribution in [2.45, 2.75) is 5.16 Å². The first-order chi connectivity index (χ1) is 12.4. The van der Waals surface area contributed by atoms with Gasteiger partial charge in [-0.15, -0.1) is 10.2 Å². The molecule has 0 saturated heterocycles. The fourth-order valence-electron chi connectivity index (χ4n) is 2.21. The lowest BCUT2D eigenvalue weighted by Gasteiger charge is -2.07. The average Bonchev–Trinajstić information content (AvgIpc) is 2.96. The fourth-order valence-corrected chi connectivity index (χ4v) is 3.54. The highest BCUT2D eigenvalue weighted by atomic mass is 35.5. The quantitative estimate of drug-likeness (QED) is 0.570. The zero-order valence-electron chi connectivity index (χ0n) is 13.5. The Morgan fingerprint density at radius 1 is 1.08 bits per heavy atom. The molecule has 0 atom stereocenters. The first-order valence-electron chi connectivity index (χ1n) is 7.47. The summed E-state index contributed by atoms with van der Waals surface area (Å²) in [6, 6.07) is 12.1. The highest BCUT2D eigenvalue weighted by Gasteiger charge is 2.15. The Bertz CT molecular complexity index is 944. The molecule has 0 radical (unpaired) electrons. The number of rotatable bonds is 5. The Hall–Kier alpha value is -1.73. The molecule has 9 heteroatoms. The van der Waals surface area contributed by atoms with E-state index < -0.39 is 0 Å². The normalized spacial score (nSPS) is 10.8. The van der Waals surface area contributed by atoms with E-state index in [-0.39, 0.29) is 11.7 Å². The molecule has 0 aliphatic rings. The van der Waals surface area contributed by atoms with Gasteiger partial charge in [0.15, 0.2) is 11.0 Å². The summed E-state index contributed by atoms with van der Waals surface area (Å²) in [5.41, 5.74) is 1.41. The molecule has 0 aliphatic carbocycles. The molecule has 2 aromatic carbocycles. The van der Waals surface area contributed by atoms with Gasteiger partial charge in [-0.3, -0.25) is 4.79 Å². The second-order valence-corrected chi connectivity index (χ2v) is 7.56. The van der Waals surface area contributed by atoms with Crippen LogP contribution in [0.15, 0.2) is 47.6 Å². The van der Waals surface area contributed by atoms with E-state index in [0.29, 0.717) is 31.7 Å². The topological polar surface area (TPSA) is 59.8 Å². The van der Waals surface area contributed by atoms with E-state index in [4.69, 9.17) is 34.8 Å². The van der Waals surface area contributed by atoms with Gasteiger partial charge in [-0.05, 0) is 42.5 Å². The molecule has 1 amide bonds. The lowest BCUT2D eigenvalue weighted by Crippen LogP contribution is -2.14. The van der Waals surface area contributed by atoms with Crippen molar-refractivity contribution in [3.63, 3.8) is 0 Å². The van der Waals surface area contributed by atoms with Crippen molar-refractivity contribution in [3.8, 4) is 11.4 Å². The number of thioether (sulfide) groups is 1. The summed E-state index contributed by atoms with van der Waals surface area (Å²) < 4.78 is 1.79. The molecular formula is C17H13Cl3N4OS. The van der Waals surface area contributed by atoms with Crippen LogP contribution >= 0.6 is 46.6 Å². The van der Waals surface area contributed by atoms with Gasteiger partial charge in [0.05, 0.1) is 10.8 Å². The van der Waals surface area contributed by atoms with Crippen LogP contribution in [0, 0.1) is 0 Å². The summed E-state index contributed by atoms with van der Waals surface area (Å²) in [7, 11) is 1.82. The minimum Gasteiger partial charge on any atom is -0.325 e. The van der Waals surface area contributed by atoms with Crippen LogP contribution in [-0.2, 0) is 11.8 Å². The third-order valence-corrected chi connectivity index (χ3v) is 5.29. The van der Waals surface area contributed by atoms with E-state index in [2.05, 4.69) is 15.5 Å². The molecule has 1 heterocycles. The Balaban J connectivity index is 1.66. The zero-order valence-corrected chi connectivity index (χ0v) is 16.6. The predicted molar refractivity (Wildman–Crippen MR) is 107 cm³/mol. The number of anilines is 1. The second-order valence-electron chi connectivity index (χ2n) is 5.33. The highest BCUT2D eigenvalue weighted by Crippen LogP contribution is 2.30. The van der Waals surface area contributed by atoms with Crippen molar-refractivity contribution in [1.82, 2.24) is 14.8 Å². The van der Waals surface area contributed by atoms with Crippen LogP contribution in [0.5, 0.6) is 0 Å². The molecule has 0 unspecified atom stereocenters. The monoisotopic (exact) mass is 426 g/mol. The second kappa shape index (κ2) is 8.31. The Morgan fingerprint density at radius 2 is 1.77 bits per heavy atom. The van der Waals surface area contributed by atoms with Crippen LogP contribution in [0.4, 0.5) is 5.69 Å². The smallest absolute Gasteiger partial charge is 0.234 e. The third-order valence-electron chi connectivity index (χ3n) is 3.47. The van der Waals surface area contributed by atoms with Crippen molar-refractivity contribution < 1.29 is 4.79 Å². The van der Waals surface area contributed by atoms with Crippen LogP contribution in [0.3, 0.4) is 0 Å². The van der Waals surface area contributed by atoms with Crippen LogP contribution < -0.4 is 5.32 Å². The molecule has 3 rings (SSSR count). The van der Waals surface area contributed by atoms with Crippen LogP contribution in [-0.4, -0.2) is 26.4 Å². The van der Waals surface area contributed by atoms with Gasteiger partial charge < -0.3 is 9.88 Å². The molecule has 0 saturated carbocycles. The summed E-state index contributed by atoms with van der Waals surface area (Å²) in [6.45, 7) is 0. The average molecular weight is 428 g/mol. The SMILES string of the molecule is Cn1c(SCC(=O)Nc2ccc(Cl)cc2)nnc1-c1ccc(Cl)cc1Cl. The minimum atomic E-state index is -0.147. The lowest BCUT2D eigenvalue weighted by molar-refractivity contribution is -0.113. The van der Waals surface area contributed by atoms with Gasteiger partial charge in [0, 0.05) is 28.3 Å². The largest absolute Gasteiger partial charge is 0.325 e. The van der Waals surface area contributed by atoms with Crippen LogP contribution in [0.2, 0.25) is 15.1 Å². The maximum absolute atomic E-state index is 12.1. The number of halogens is 3. The molecule has 0 aliphatic heterocycles. The standard InChI is InChI=1S/C17H13Cl3N4OS/c1-24-16(13-7-4-11(19)8-14(13)20)22-23-17(24)26-9-15(25)21-12-5-2-10(18)3-6-12/h2-8H,9H2,1H3,(H,21,25). The van der Waals surface area contributed by atoms with Gasteiger partial charge in [0.2, 0.25) is 5.91 Å². The number of amides is 1. The van der Waals surface area contributed by atoms with Gasteiger partial charge in [-0.1, -0.05) is 46.6 Å². The molecular weight excluding hydrogens is 415 g/mol. The molecule has 0 fully saturated rings. The Kier molecular flexibility index (Phi) is 6.09. The summed E-state index contributed by atoms with van der Waals surface area (Å²) in [5.74, 6) is 0.654. The lowest BCUT2D eigenvalue weighted by atomic mass is 10.2. The molecule has 3 aromatic rings. The first kappa shape index (κ1) is 19.0. The molecule has 0 spiro atoms. The van der Waals surface area contributed by atoms with Crippen molar-refractivity contribution >= 4 is 58.2 Å². The summed E-state index contributed by atoms with van der Waals surface area (Å²) >= 11 is 19.3. The summed E-state index contributed by atoms with van der Waals surface area (Å²) in [5, 5.41) is 13.4. The number of hydrogen-bond donors (Lipinski definition) is 1. The predicted octanol–water partition coefficient (Wildman–Crippen LogP) is 5.17.